The maximum absolute atomic E-state index is 5.19. The highest BCUT2D eigenvalue weighted by Crippen LogP contribution is 2.09. The Morgan fingerprint density at radius 1 is 1.18 bits per heavy atom. The Bertz CT molecular complexity index is 189. The Morgan fingerprint density at radius 3 is 2.24 bits per heavy atom. The van der Waals surface area contributed by atoms with E-state index >= 15 is 0 Å². The van der Waals surface area contributed by atoms with Gasteiger partial charge in [0.25, 0.3) is 0 Å². The normalized spacial score (nSPS) is 16.2. The van der Waals surface area contributed by atoms with Crippen LogP contribution >= 0.6 is 0 Å². The molecule has 2 atom stereocenters. The van der Waals surface area contributed by atoms with Crippen molar-refractivity contribution in [2.24, 2.45) is 0 Å². The average Bonchev–Trinajstić information content (AvgIpc) is 2.22. The predicted octanol–water partition coefficient (Wildman–Crippen LogP) is 2.51. The molecule has 2 unspecified atom stereocenters. The Morgan fingerprint density at radius 2 is 1.76 bits per heavy atom. The summed E-state index contributed by atoms with van der Waals surface area (Å²) in [4.78, 5) is 2.40. The Hall–Kier alpha value is -0.120. The summed E-state index contributed by atoms with van der Waals surface area (Å²) in [6, 6.07) is 1.10. The van der Waals surface area contributed by atoms with Crippen LogP contribution in [0.25, 0.3) is 0 Å². The van der Waals surface area contributed by atoms with E-state index in [0.29, 0.717) is 12.1 Å². The second-order valence-electron chi connectivity index (χ2n) is 6.14. The van der Waals surface area contributed by atoms with E-state index in [1.54, 1.807) is 7.11 Å². The second-order valence-corrected chi connectivity index (χ2v) is 6.14. The zero-order chi connectivity index (χ0) is 13.5. The highest BCUT2D eigenvalue weighted by molar-refractivity contribution is 4.73. The quantitative estimate of drug-likeness (QED) is 0.664. The molecule has 0 aromatic carbocycles. The van der Waals surface area contributed by atoms with Gasteiger partial charge in [-0.3, -0.25) is 4.90 Å². The van der Waals surface area contributed by atoms with Gasteiger partial charge >= 0.3 is 0 Å². The van der Waals surface area contributed by atoms with Crippen LogP contribution in [-0.4, -0.2) is 49.8 Å². The predicted molar refractivity (Wildman–Crippen MR) is 75.6 cm³/mol. The molecule has 0 spiro atoms. The first-order valence-corrected chi connectivity index (χ1v) is 6.74. The highest BCUT2D eigenvalue weighted by atomic mass is 16.5. The molecule has 0 radical (unpaired) electrons. The monoisotopic (exact) mass is 244 g/mol. The average molecular weight is 244 g/mol. The van der Waals surface area contributed by atoms with E-state index in [9.17, 15) is 0 Å². The van der Waals surface area contributed by atoms with Gasteiger partial charge in [-0.05, 0) is 61.1 Å². The fourth-order valence-electron chi connectivity index (χ4n) is 1.86. The molecule has 0 aliphatic carbocycles. The van der Waals surface area contributed by atoms with Gasteiger partial charge in [0.2, 0.25) is 0 Å². The Balaban J connectivity index is 3.74. The molecule has 0 bridgehead atoms. The van der Waals surface area contributed by atoms with Crippen LogP contribution < -0.4 is 5.32 Å². The minimum absolute atomic E-state index is 0.235. The fourth-order valence-corrected chi connectivity index (χ4v) is 1.86. The third kappa shape index (κ3) is 8.58. The van der Waals surface area contributed by atoms with Gasteiger partial charge in [-0.2, -0.15) is 0 Å². The molecule has 0 saturated heterocycles. The van der Waals surface area contributed by atoms with Crippen LogP contribution in [-0.2, 0) is 4.74 Å². The van der Waals surface area contributed by atoms with Gasteiger partial charge in [0.1, 0.15) is 0 Å². The first kappa shape index (κ1) is 16.9. The lowest BCUT2D eigenvalue weighted by molar-refractivity contribution is 0.0906. The molecule has 0 aromatic heterocycles. The number of hydrogen-bond acceptors (Lipinski definition) is 3. The summed E-state index contributed by atoms with van der Waals surface area (Å²) >= 11 is 0. The van der Waals surface area contributed by atoms with Gasteiger partial charge < -0.3 is 10.1 Å². The number of likely N-dealkylation sites (N-methyl/N-ethyl adjacent to an activating group) is 1. The van der Waals surface area contributed by atoms with E-state index in [4.69, 9.17) is 4.74 Å². The van der Waals surface area contributed by atoms with Crippen molar-refractivity contribution in [1.82, 2.24) is 10.2 Å². The lowest BCUT2D eigenvalue weighted by atomic mass is 10.1. The largest absolute Gasteiger partial charge is 0.383 e. The number of methoxy groups -OCH3 is 1. The number of nitrogens with zero attached hydrogens (tertiary/aromatic N) is 1. The first-order valence-electron chi connectivity index (χ1n) is 6.74. The van der Waals surface area contributed by atoms with Gasteiger partial charge in [0, 0.05) is 24.7 Å². The first-order chi connectivity index (χ1) is 7.78. The maximum atomic E-state index is 5.19. The van der Waals surface area contributed by atoms with E-state index in [-0.39, 0.29) is 5.54 Å². The van der Waals surface area contributed by atoms with Gasteiger partial charge in [-0.25, -0.2) is 0 Å². The van der Waals surface area contributed by atoms with E-state index in [1.807, 2.05) is 0 Å². The fraction of sp³-hybridized carbons (Fsp3) is 1.00. The van der Waals surface area contributed by atoms with Crippen LogP contribution in [0.5, 0.6) is 0 Å². The Labute approximate surface area is 108 Å². The lowest BCUT2D eigenvalue weighted by Crippen LogP contribution is -2.40. The standard InChI is InChI=1S/C14H32N2O/c1-12(16(6)13(2)11-17-7)9-8-10-15-14(3,4)5/h12-13,15H,8-11H2,1-7H3. The molecule has 0 rings (SSSR count). The van der Waals surface area contributed by atoms with E-state index < -0.39 is 0 Å². The summed E-state index contributed by atoms with van der Waals surface area (Å²) < 4.78 is 5.19. The van der Waals surface area contributed by atoms with Crippen molar-refractivity contribution in [3.8, 4) is 0 Å². The van der Waals surface area contributed by atoms with Gasteiger partial charge in [-0.1, -0.05) is 0 Å². The number of hydrogen-bond donors (Lipinski definition) is 1. The summed E-state index contributed by atoms with van der Waals surface area (Å²) in [6.07, 6.45) is 2.45. The van der Waals surface area contributed by atoms with Gasteiger partial charge in [0.05, 0.1) is 6.61 Å². The summed E-state index contributed by atoms with van der Waals surface area (Å²) in [5.74, 6) is 0. The molecule has 17 heavy (non-hydrogen) atoms. The molecule has 3 nitrogen and oxygen atoms in total. The van der Waals surface area contributed by atoms with E-state index in [1.165, 1.54) is 12.8 Å². The molecule has 0 aliphatic heterocycles. The molecule has 0 fully saturated rings. The van der Waals surface area contributed by atoms with Crippen molar-refractivity contribution >= 4 is 0 Å². The maximum Gasteiger partial charge on any atom is 0.0615 e. The van der Waals surface area contributed by atoms with E-state index in [0.717, 1.165) is 13.2 Å². The van der Waals surface area contributed by atoms with Gasteiger partial charge in [-0.15, -0.1) is 0 Å². The van der Waals surface area contributed by atoms with Crippen molar-refractivity contribution in [3.05, 3.63) is 0 Å². The summed E-state index contributed by atoms with van der Waals surface area (Å²) in [5, 5.41) is 3.53. The van der Waals surface area contributed by atoms with Crippen molar-refractivity contribution < 1.29 is 4.74 Å². The van der Waals surface area contributed by atoms with Crippen LogP contribution in [0.1, 0.15) is 47.5 Å². The molecule has 0 heterocycles. The molecule has 0 aliphatic rings. The van der Waals surface area contributed by atoms with Crippen LogP contribution in [0.4, 0.5) is 0 Å². The molecule has 0 aromatic rings. The summed E-state index contributed by atoms with van der Waals surface area (Å²) in [6.45, 7) is 13.0. The third-order valence-corrected chi connectivity index (χ3v) is 3.25. The van der Waals surface area contributed by atoms with Crippen molar-refractivity contribution in [1.29, 1.82) is 0 Å². The second kappa shape index (κ2) is 8.06. The molecular weight excluding hydrogens is 212 g/mol. The Kier molecular flexibility index (Phi) is 8.01. The molecule has 104 valence electrons. The van der Waals surface area contributed by atoms with Crippen LogP contribution in [0.3, 0.4) is 0 Å². The molecule has 1 N–H and O–H groups in total. The minimum Gasteiger partial charge on any atom is -0.383 e. The van der Waals surface area contributed by atoms with Crippen LogP contribution in [0.15, 0.2) is 0 Å². The molecule has 0 amide bonds. The molecule has 0 saturated carbocycles. The molecular formula is C14H32N2O. The third-order valence-electron chi connectivity index (χ3n) is 3.25. The summed E-state index contributed by atoms with van der Waals surface area (Å²) in [5.41, 5.74) is 0.235. The zero-order valence-electron chi connectivity index (χ0n) is 12.8. The van der Waals surface area contributed by atoms with Gasteiger partial charge in [0.15, 0.2) is 0 Å². The highest BCUT2D eigenvalue weighted by Gasteiger charge is 2.15. The number of nitrogens with one attached hydrogen (secondary N) is 1. The number of ether oxygens (including phenoxy) is 1. The smallest absolute Gasteiger partial charge is 0.0615 e. The molecule has 3 heteroatoms. The van der Waals surface area contributed by atoms with Crippen LogP contribution in [0.2, 0.25) is 0 Å². The number of rotatable bonds is 8. The van der Waals surface area contributed by atoms with Crippen molar-refractivity contribution in [2.75, 3.05) is 27.3 Å². The lowest BCUT2D eigenvalue weighted by Gasteiger charge is -2.30. The van der Waals surface area contributed by atoms with E-state index in [2.05, 4.69) is 51.9 Å². The zero-order valence-corrected chi connectivity index (χ0v) is 12.8. The topological polar surface area (TPSA) is 24.5 Å². The van der Waals surface area contributed by atoms with Crippen molar-refractivity contribution in [2.45, 2.75) is 65.1 Å². The summed E-state index contributed by atoms with van der Waals surface area (Å²) in [7, 11) is 3.95. The van der Waals surface area contributed by atoms with Crippen LogP contribution in [0, 0.1) is 0 Å². The SMILES string of the molecule is COCC(C)N(C)C(C)CCCNC(C)(C)C. The minimum atomic E-state index is 0.235. The van der Waals surface area contributed by atoms with Crippen molar-refractivity contribution in [3.63, 3.8) is 0 Å².